The summed E-state index contributed by atoms with van der Waals surface area (Å²) in [6.07, 6.45) is 6.98. The fourth-order valence-electron chi connectivity index (χ4n) is 1.54. The van der Waals surface area contributed by atoms with E-state index in [1.807, 2.05) is 7.05 Å². The lowest BCUT2D eigenvalue weighted by Crippen LogP contribution is -2.51. The summed E-state index contributed by atoms with van der Waals surface area (Å²) >= 11 is 0. The van der Waals surface area contributed by atoms with Crippen LogP contribution in [0.3, 0.4) is 0 Å². The van der Waals surface area contributed by atoms with Gasteiger partial charge in [-0.3, -0.25) is 4.79 Å². The van der Waals surface area contributed by atoms with Crippen molar-refractivity contribution in [2.24, 2.45) is 0 Å². The van der Waals surface area contributed by atoms with Crippen molar-refractivity contribution in [3.05, 3.63) is 0 Å². The van der Waals surface area contributed by atoms with Gasteiger partial charge in [0.1, 0.15) is 0 Å². The first-order valence-electron chi connectivity index (χ1n) is 4.56. The van der Waals surface area contributed by atoms with Crippen molar-refractivity contribution >= 4 is 5.91 Å². The van der Waals surface area contributed by atoms with Gasteiger partial charge in [-0.25, -0.2) is 0 Å². The molecule has 0 bridgehead atoms. The minimum Gasteiger partial charge on any atom is -0.332 e. The molecule has 1 fully saturated rings. The summed E-state index contributed by atoms with van der Waals surface area (Å²) in [6.45, 7) is 3.70. The minimum absolute atomic E-state index is 0.172. The number of piperidine rings is 1. The van der Waals surface area contributed by atoms with Gasteiger partial charge in [-0.2, -0.15) is 0 Å². The number of carbonyl (C=O) groups excluding carboxylic acids is 1. The number of terminal acetylenes is 1. The zero-order valence-corrected chi connectivity index (χ0v) is 8.26. The number of amides is 1. The van der Waals surface area contributed by atoms with Crippen LogP contribution in [0.5, 0.6) is 0 Å². The van der Waals surface area contributed by atoms with Crippen LogP contribution >= 0.6 is 0 Å². The molecule has 13 heavy (non-hydrogen) atoms. The summed E-state index contributed by atoms with van der Waals surface area (Å²) in [7, 11) is 1.96. The van der Waals surface area contributed by atoms with Crippen molar-refractivity contribution in [1.82, 2.24) is 10.2 Å². The molecule has 1 saturated heterocycles. The fraction of sp³-hybridized carbons (Fsp3) is 0.700. The number of likely N-dealkylation sites (tertiary alicyclic amines) is 1. The Morgan fingerprint density at radius 3 is 2.46 bits per heavy atom. The van der Waals surface area contributed by atoms with Crippen molar-refractivity contribution in [2.45, 2.75) is 25.3 Å². The molecule has 1 N–H and O–H groups in total. The van der Waals surface area contributed by atoms with Crippen LogP contribution in [-0.4, -0.2) is 36.5 Å². The molecule has 0 aromatic carbocycles. The number of nitrogens with zero attached hydrogens (tertiary/aromatic N) is 1. The first-order chi connectivity index (χ1) is 6.11. The number of carbonyl (C=O) groups is 1. The minimum atomic E-state index is -0.182. The van der Waals surface area contributed by atoms with Crippen LogP contribution in [-0.2, 0) is 4.79 Å². The lowest BCUT2D eigenvalue weighted by atomic mass is 9.90. The number of nitrogens with one attached hydrogen (secondary N) is 1. The Kier molecular flexibility index (Phi) is 2.94. The predicted molar refractivity (Wildman–Crippen MR) is 52.1 cm³/mol. The normalized spacial score (nSPS) is 20.8. The Hall–Kier alpha value is -1.01. The third-order valence-corrected chi connectivity index (χ3v) is 2.88. The Morgan fingerprint density at radius 1 is 1.54 bits per heavy atom. The molecule has 3 nitrogen and oxygen atoms in total. The largest absolute Gasteiger partial charge is 0.332 e. The number of hydrogen-bond acceptors (Lipinski definition) is 2. The molecule has 0 aromatic rings. The van der Waals surface area contributed by atoms with Gasteiger partial charge in [-0.05, 0) is 32.7 Å². The quantitative estimate of drug-likeness (QED) is 0.585. The maximum atomic E-state index is 11.1. The molecule has 0 atom stereocenters. The highest BCUT2D eigenvalue weighted by Gasteiger charge is 2.29. The van der Waals surface area contributed by atoms with Gasteiger partial charge in [0.2, 0.25) is 0 Å². The van der Waals surface area contributed by atoms with Crippen molar-refractivity contribution in [3.8, 4) is 12.3 Å². The Bertz CT molecular complexity index is 234. The molecule has 72 valence electrons. The predicted octanol–water partition coefficient (Wildman–Crippen LogP) is 0.220. The lowest BCUT2D eigenvalue weighted by Gasteiger charge is -2.38. The molecular formula is C10H16N2O. The summed E-state index contributed by atoms with van der Waals surface area (Å²) in [4.78, 5) is 12.9. The van der Waals surface area contributed by atoms with Crippen LogP contribution in [0.15, 0.2) is 0 Å². The second kappa shape index (κ2) is 3.80. The molecule has 1 heterocycles. The van der Waals surface area contributed by atoms with Gasteiger partial charge in [0.15, 0.2) is 0 Å². The Morgan fingerprint density at radius 2 is 2.08 bits per heavy atom. The first kappa shape index (κ1) is 10.1. The van der Waals surface area contributed by atoms with Crippen molar-refractivity contribution in [1.29, 1.82) is 0 Å². The standard InChI is InChI=1S/C10H16N2O/c1-4-9(13)12-7-5-10(2,11-3)6-8-12/h1,11H,5-8H2,2-3H3. The van der Waals surface area contributed by atoms with Gasteiger partial charge in [0.05, 0.1) is 0 Å². The molecule has 0 aliphatic carbocycles. The summed E-state index contributed by atoms with van der Waals surface area (Å²) in [5.74, 6) is 1.96. The summed E-state index contributed by atoms with van der Waals surface area (Å²) in [5.41, 5.74) is 0.172. The van der Waals surface area contributed by atoms with Gasteiger partial charge in [0.25, 0.3) is 5.91 Å². The van der Waals surface area contributed by atoms with E-state index < -0.39 is 0 Å². The van der Waals surface area contributed by atoms with Crippen LogP contribution in [0.2, 0.25) is 0 Å². The highest BCUT2D eigenvalue weighted by atomic mass is 16.2. The zero-order chi connectivity index (χ0) is 9.90. The maximum Gasteiger partial charge on any atom is 0.298 e. The Labute approximate surface area is 79.5 Å². The van der Waals surface area contributed by atoms with E-state index in [1.54, 1.807) is 4.90 Å². The SMILES string of the molecule is C#CC(=O)N1CCC(C)(NC)CC1. The van der Waals surface area contributed by atoms with Crippen molar-refractivity contribution < 1.29 is 4.79 Å². The van der Waals surface area contributed by atoms with Gasteiger partial charge < -0.3 is 10.2 Å². The third-order valence-electron chi connectivity index (χ3n) is 2.88. The molecule has 0 spiro atoms. The molecule has 0 unspecified atom stereocenters. The maximum absolute atomic E-state index is 11.1. The lowest BCUT2D eigenvalue weighted by molar-refractivity contribution is -0.126. The van der Waals surface area contributed by atoms with Crippen LogP contribution in [0.4, 0.5) is 0 Å². The van der Waals surface area contributed by atoms with Gasteiger partial charge in [-0.1, -0.05) is 0 Å². The smallest absolute Gasteiger partial charge is 0.298 e. The average Bonchev–Trinajstić information content (AvgIpc) is 2.18. The Balaban J connectivity index is 2.49. The van der Waals surface area contributed by atoms with Crippen LogP contribution < -0.4 is 5.32 Å². The van der Waals surface area contributed by atoms with E-state index in [1.165, 1.54) is 0 Å². The molecular weight excluding hydrogens is 164 g/mol. The van der Waals surface area contributed by atoms with Gasteiger partial charge in [0, 0.05) is 18.6 Å². The van der Waals surface area contributed by atoms with E-state index in [4.69, 9.17) is 6.42 Å². The molecule has 0 aromatic heterocycles. The highest BCUT2D eigenvalue weighted by molar-refractivity contribution is 5.92. The number of rotatable bonds is 1. The topological polar surface area (TPSA) is 32.3 Å². The third kappa shape index (κ3) is 2.22. The number of hydrogen-bond donors (Lipinski definition) is 1. The van der Waals surface area contributed by atoms with E-state index in [-0.39, 0.29) is 11.4 Å². The van der Waals surface area contributed by atoms with E-state index >= 15 is 0 Å². The van der Waals surface area contributed by atoms with Gasteiger partial charge >= 0.3 is 0 Å². The highest BCUT2D eigenvalue weighted by Crippen LogP contribution is 2.20. The van der Waals surface area contributed by atoms with Crippen LogP contribution in [0, 0.1) is 12.3 Å². The van der Waals surface area contributed by atoms with Crippen molar-refractivity contribution in [3.63, 3.8) is 0 Å². The fourth-order valence-corrected chi connectivity index (χ4v) is 1.54. The average molecular weight is 180 g/mol. The second-order valence-electron chi connectivity index (χ2n) is 3.75. The molecule has 1 amide bonds. The van der Waals surface area contributed by atoms with E-state index in [9.17, 15) is 4.79 Å². The molecule has 0 saturated carbocycles. The van der Waals surface area contributed by atoms with Crippen LogP contribution in [0.25, 0.3) is 0 Å². The van der Waals surface area contributed by atoms with E-state index in [0.717, 1.165) is 25.9 Å². The molecule has 1 rings (SSSR count). The summed E-state index contributed by atoms with van der Waals surface area (Å²) in [6, 6.07) is 0. The van der Waals surface area contributed by atoms with E-state index in [2.05, 4.69) is 18.2 Å². The summed E-state index contributed by atoms with van der Waals surface area (Å²) in [5, 5.41) is 3.27. The molecule has 1 aliphatic rings. The first-order valence-corrected chi connectivity index (χ1v) is 4.56. The van der Waals surface area contributed by atoms with Gasteiger partial charge in [-0.15, -0.1) is 6.42 Å². The second-order valence-corrected chi connectivity index (χ2v) is 3.75. The monoisotopic (exact) mass is 180 g/mol. The van der Waals surface area contributed by atoms with Crippen molar-refractivity contribution in [2.75, 3.05) is 20.1 Å². The summed E-state index contributed by atoms with van der Waals surface area (Å²) < 4.78 is 0. The molecule has 0 radical (unpaired) electrons. The molecule has 3 heteroatoms. The van der Waals surface area contributed by atoms with Crippen LogP contribution in [0.1, 0.15) is 19.8 Å². The molecule has 1 aliphatic heterocycles. The van der Waals surface area contributed by atoms with E-state index in [0.29, 0.717) is 0 Å². The zero-order valence-electron chi connectivity index (χ0n) is 8.26.